The zero-order valence-electron chi connectivity index (χ0n) is 31.8. The molecule has 59 heavy (non-hydrogen) atoms. The van der Waals surface area contributed by atoms with Crippen LogP contribution in [0.1, 0.15) is 0 Å². The first-order valence-electron chi connectivity index (χ1n) is 20.2. The largest absolute Gasteiger partial charge is 0.551 e. The van der Waals surface area contributed by atoms with E-state index in [4.69, 9.17) is 9.39 Å². The zero-order chi connectivity index (χ0) is 38.6. The molecule has 0 unspecified atom stereocenters. The molecule has 0 fully saturated rings. The SMILES string of the molecule is c1cc(-c2ccc3c(c2)B2Oc4ccccc4-c4cc(-c5cccc(-n6c7ccccc7c7ccccc76)c5)cc(c42)O3)cc(-n2c3ccccc3c3ccccc32)c1. The molecule has 0 amide bonds. The lowest BCUT2D eigenvalue weighted by Crippen LogP contribution is -2.53. The molecule has 0 saturated heterocycles. The van der Waals surface area contributed by atoms with Gasteiger partial charge in [0.15, 0.2) is 0 Å². The smallest absolute Gasteiger partial charge is 0.434 e. The van der Waals surface area contributed by atoms with E-state index in [1.165, 1.54) is 43.6 Å². The third-order valence-electron chi connectivity index (χ3n) is 12.4. The first-order chi connectivity index (χ1) is 29.2. The lowest BCUT2D eigenvalue weighted by Gasteiger charge is -2.33. The Balaban J connectivity index is 0.929. The number of hydrogen-bond donors (Lipinski definition) is 0. The Morgan fingerprint density at radius 2 is 0.847 bits per heavy atom. The van der Waals surface area contributed by atoms with Gasteiger partial charge in [-0.3, -0.25) is 0 Å². The number of aromatic nitrogens is 2. The van der Waals surface area contributed by atoms with Crippen molar-refractivity contribution >= 4 is 61.5 Å². The van der Waals surface area contributed by atoms with Gasteiger partial charge in [0.1, 0.15) is 17.2 Å². The predicted molar refractivity (Wildman–Crippen MR) is 244 cm³/mol. The van der Waals surface area contributed by atoms with Gasteiger partial charge in [-0.1, -0.05) is 127 Å². The van der Waals surface area contributed by atoms with E-state index in [0.717, 1.165) is 72.9 Å². The Kier molecular flexibility index (Phi) is 6.78. The summed E-state index contributed by atoms with van der Waals surface area (Å²) in [7, 11) is 0. The van der Waals surface area contributed by atoms with Gasteiger partial charge in [-0.25, -0.2) is 0 Å². The molecule has 13 rings (SSSR count). The third-order valence-corrected chi connectivity index (χ3v) is 12.4. The summed E-state index contributed by atoms with van der Waals surface area (Å²) < 4.78 is 18.6. The maximum absolute atomic E-state index is 6.94. The second-order valence-corrected chi connectivity index (χ2v) is 15.6. The van der Waals surface area contributed by atoms with Gasteiger partial charge in [0.25, 0.3) is 0 Å². The maximum atomic E-state index is 6.94. The quantitative estimate of drug-likeness (QED) is 0.168. The van der Waals surface area contributed by atoms with Crippen LogP contribution >= 0.6 is 0 Å². The van der Waals surface area contributed by atoms with Gasteiger partial charge < -0.3 is 18.5 Å². The van der Waals surface area contributed by atoms with Crippen molar-refractivity contribution < 1.29 is 9.39 Å². The lowest BCUT2D eigenvalue weighted by molar-refractivity contribution is 0.479. The standard InChI is InChI=1S/C54H33BN2O2/c1-6-22-47-40(17-1)41-18-2-7-23-48(41)56(47)38-15-11-13-34(29-38)36-27-28-52-46(32-36)55-54-45(44-21-5-10-26-51(44)59-55)31-37(33-53(54)58-52)35-14-12-16-39(30-35)57-49-24-8-3-19-42(49)43-20-4-9-25-50(43)57/h1-33H. The van der Waals surface area contributed by atoms with Gasteiger partial charge in [0.05, 0.1) is 22.1 Å². The third kappa shape index (κ3) is 4.79. The van der Waals surface area contributed by atoms with Crippen molar-refractivity contribution in [1.82, 2.24) is 9.13 Å². The molecule has 2 aliphatic heterocycles. The summed E-state index contributed by atoms with van der Waals surface area (Å²) in [6, 6.07) is 71.8. The first-order valence-corrected chi connectivity index (χ1v) is 20.2. The van der Waals surface area contributed by atoms with Crippen LogP contribution in [0.3, 0.4) is 0 Å². The minimum absolute atomic E-state index is 0.322. The number of para-hydroxylation sites is 5. The first kappa shape index (κ1) is 32.3. The summed E-state index contributed by atoms with van der Waals surface area (Å²) in [5.74, 6) is 2.51. The highest BCUT2D eigenvalue weighted by molar-refractivity contribution is 6.84. The summed E-state index contributed by atoms with van der Waals surface area (Å²) in [5, 5.41) is 5.01. The monoisotopic (exact) mass is 752 g/mol. The highest BCUT2D eigenvalue weighted by Crippen LogP contribution is 2.43. The molecule has 274 valence electrons. The Hall–Kier alpha value is -7.76. The van der Waals surface area contributed by atoms with Crippen molar-refractivity contribution in [2.24, 2.45) is 0 Å². The van der Waals surface area contributed by atoms with Gasteiger partial charge in [0.2, 0.25) is 0 Å². The van der Waals surface area contributed by atoms with E-state index in [2.05, 4.69) is 209 Å². The average Bonchev–Trinajstić information content (AvgIpc) is 3.82. The van der Waals surface area contributed by atoms with E-state index < -0.39 is 0 Å². The van der Waals surface area contributed by atoms with E-state index in [9.17, 15) is 0 Å². The number of fused-ring (bicyclic) bond motifs is 10. The van der Waals surface area contributed by atoms with Crippen LogP contribution in [-0.2, 0) is 0 Å². The van der Waals surface area contributed by atoms with Crippen molar-refractivity contribution in [3.63, 3.8) is 0 Å². The number of hydrogen-bond acceptors (Lipinski definition) is 2. The van der Waals surface area contributed by atoms with Crippen LogP contribution in [0.4, 0.5) is 0 Å². The van der Waals surface area contributed by atoms with Gasteiger partial charge >= 0.3 is 6.92 Å². The second kappa shape index (κ2) is 12.4. The highest BCUT2D eigenvalue weighted by atomic mass is 16.5. The summed E-state index contributed by atoms with van der Waals surface area (Å²) in [6.07, 6.45) is 0. The van der Waals surface area contributed by atoms with Crippen molar-refractivity contribution in [2.45, 2.75) is 0 Å². The molecule has 4 heterocycles. The Morgan fingerprint density at radius 3 is 1.44 bits per heavy atom. The van der Waals surface area contributed by atoms with Crippen molar-refractivity contribution in [1.29, 1.82) is 0 Å². The summed E-state index contributed by atoms with van der Waals surface area (Å²) in [5.41, 5.74) is 15.8. The maximum Gasteiger partial charge on any atom is 0.434 e. The van der Waals surface area contributed by atoms with Crippen LogP contribution in [0.25, 0.3) is 88.4 Å². The van der Waals surface area contributed by atoms with Gasteiger partial charge in [-0.2, -0.15) is 0 Å². The Bertz CT molecular complexity index is 3430. The fourth-order valence-corrected chi connectivity index (χ4v) is 9.76. The van der Waals surface area contributed by atoms with Crippen LogP contribution in [0.15, 0.2) is 200 Å². The fraction of sp³-hybridized carbons (Fsp3) is 0. The molecule has 0 saturated carbocycles. The van der Waals surface area contributed by atoms with Crippen molar-refractivity contribution in [3.05, 3.63) is 200 Å². The minimum Gasteiger partial charge on any atom is -0.551 e. The normalized spacial score (nSPS) is 12.6. The highest BCUT2D eigenvalue weighted by Gasteiger charge is 2.41. The molecule has 0 spiro atoms. The molecule has 0 radical (unpaired) electrons. The Labute approximate surface area is 340 Å². The van der Waals surface area contributed by atoms with Crippen molar-refractivity contribution in [3.8, 4) is 62.0 Å². The summed E-state index contributed by atoms with van der Waals surface area (Å²) in [6.45, 7) is -0.322. The second-order valence-electron chi connectivity index (χ2n) is 15.6. The van der Waals surface area contributed by atoms with E-state index in [0.29, 0.717) is 0 Å². The predicted octanol–water partition coefficient (Wildman–Crippen LogP) is 12.5. The van der Waals surface area contributed by atoms with Gasteiger partial charge in [0, 0.05) is 49.4 Å². The molecular formula is C54H33BN2O2. The molecule has 4 nitrogen and oxygen atoms in total. The van der Waals surface area contributed by atoms with E-state index in [1.54, 1.807) is 0 Å². The van der Waals surface area contributed by atoms with E-state index in [-0.39, 0.29) is 6.92 Å². The summed E-state index contributed by atoms with van der Waals surface area (Å²) in [4.78, 5) is 0. The van der Waals surface area contributed by atoms with Crippen LogP contribution < -0.4 is 20.3 Å². The molecule has 5 heteroatoms. The van der Waals surface area contributed by atoms with Crippen molar-refractivity contribution in [2.75, 3.05) is 0 Å². The van der Waals surface area contributed by atoms with Crippen LogP contribution in [0.5, 0.6) is 17.2 Å². The average molecular weight is 753 g/mol. The van der Waals surface area contributed by atoms with Crippen LogP contribution in [0, 0.1) is 0 Å². The van der Waals surface area contributed by atoms with Crippen LogP contribution in [0.2, 0.25) is 0 Å². The number of rotatable bonds is 4. The fourth-order valence-electron chi connectivity index (χ4n) is 9.76. The molecule has 0 atom stereocenters. The number of ether oxygens (including phenoxy) is 1. The zero-order valence-corrected chi connectivity index (χ0v) is 31.8. The molecule has 0 aliphatic carbocycles. The Morgan fingerprint density at radius 1 is 0.339 bits per heavy atom. The molecule has 9 aromatic carbocycles. The molecule has 0 N–H and O–H groups in total. The lowest BCUT2D eigenvalue weighted by atomic mass is 9.50. The minimum atomic E-state index is -0.322. The molecular weight excluding hydrogens is 719 g/mol. The topological polar surface area (TPSA) is 28.3 Å². The van der Waals surface area contributed by atoms with E-state index >= 15 is 0 Å². The number of benzene rings is 9. The number of nitrogens with zero attached hydrogens (tertiary/aromatic N) is 2. The molecule has 2 aromatic heterocycles. The molecule has 0 bridgehead atoms. The molecule has 11 aromatic rings. The van der Waals surface area contributed by atoms with E-state index in [1.807, 2.05) is 0 Å². The molecule has 2 aliphatic rings. The van der Waals surface area contributed by atoms with Gasteiger partial charge in [-0.15, -0.1) is 0 Å². The van der Waals surface area contributed by atoms with Crippen LogP contribution in [-0.4, -0.2) is 16.0 Å². The summed E-state index contributed by atoms with van der Waals surface area (Å²) >= 11 is 0. The van der Waals surface area contributed by atoms with Gasteiger partial charge in [-0.05, 0) is 101 Å².